The lowest BCUT2D eigenvalue weighted by Gasteiger charge is -2.35. The Balaban J connectivity index is 1.12. The molecule has 272 valence electrons. The van der Waals surface area contributed by atoms with Crippen LogP contribution in [0.5, 0.6) is 0 Å². The Hall–Kier alpha value is -7.20. The van der Waals surface area contributed by atoms with Gasteiger partial charge < -0.3 is 9.32 Å². The van der Waals surface area contributed by atoms with Crippen molar-refractivity contribution in [3.63, 3.8) is 0 Å². The second-order valence-corrected chi connectivity index (χ2v) is 16.3. The number of benzene rings is 9. The fourth-order valence-electron chi connectivity index (χ4n) is 9.58. The number of thiophene rings is 1. The van der Waals surface area contributed by atoms with Gasteiger partial charge in [-0.05, 0) is 105 Å². The van der Waals surface area contributed by atoms with E-state index in [-0.39, 0.29) is 0 Å². The minimum absolute atomic E-state index is 0.564. The number of anilines is 3. The van der Waals surface area contributed by atoms with Crippen molar-refractivity contribution in [2.24, 2.45) is 0 Å². The molecule has 3 heteroatoms. The predicted octanol–water partition coefficient (Wildman–Crippen LogP) is 15.5. The number of furan rings is 1. The van der Waals surface area contributed by atoms with Gasteiger partial charge in [0.05, 0.1) is 5.41 Å². The molecule has 0 aliphatic heterocycles. The highest BCUT2D eigenvalue weighted by Gasteiger charge is 2.46. The van der Waals surface area contributed by atoms with E-state index in [2.05, 4.69) is 205 Å². The van der Waals surface area contributed by atoms with Gasteiger partial charge in [-0.25, -0.2) is 0 Å². The third-order valence-corrected chi connectivity index (χ3v) is 13.3. The third-order valence-electron chi connectivity index (χ3n) is 12.2. The van der Waals surface area contributed by atoms with E-state index in [4.69, 9.17) is 4.42 Å². The molecule has 1 atom stereocenters. The van der Waals surface area contributed by atoms with Gasteiger partial charge in [0.2, 0.25) is 0 Å². The van der Waals surface area contributed by atoms with Gasteiger partial charge in [0.15, 0.2) is 0 Å². The Morgan fingerprint density at radius 1 is 0.362 bits per heavy atom. The molecular formula is C55H35NOS. The Morgan fingerprint density at radius 2 is 0.983 bits per heavy atom. The summed E-state index contributed by atoms with van der Waals surface area (Å²) >= 11 is 1.87. The maximum Gasteiger partial charge on any atom is 0.137 e. The smallest absolute Gasteiger partial charge is 0.137 e. The Labute approximate surface area is 340 Å². The maximum absolute atomic E-state index is 6.49. The van der Waals surface area contributed by atoms with Crippen LogP contribution in [-0.2, 0) is 5.41 Å². The molecule has 1 aliphatic carbocycles. The zero-order valence-corrected chi connectivity index (χ0v) is 32.3. The van der Waals surface area contributed by atoms with Crippen LogP contribution in [0.15, 0.2) is 217 Å². The highest BCUT2D eigenvalue weighted by molar-refractivity contribution is 7.25. The van der Waals surface area contributed by atoms with Gasteiger partial charge in [-0.15, -0.1) is 11.3 Å². The van der Waals surface area contributed by atoms with E-state index in [0.29, 0.717) is 0 Å². The van der Waals surface area contributed by atoms with E-state index in [1.165, 1.54) is 64.7 Å². The zero-order valence-electron chi connectivity index (χ0n) is 31.5. The molecule has 2 aromatic heterocycles. The molecule has 0 radical (unpaired) electrons. The molecule has 0 N–H and O–H groups in total. The van der Waals surface area contributed by atoms with E-state index in [1.54, 1.807) is 0 Å². The first-order valence-corrected chi connectivity index (χ1v) is 20.6. The monoisotopic (exact) mass is 757 g/mol. The van der Waals surface area contributed by atoms with Crippen LogP contribution in [0.3, 0.4) is 0 Å². The number of hydrogen-bond donors (Lipinski definition) is 0. The lowest BCUT2D eigenvalue weighted by Crippen LogP contribution is -2.28. The molecule has 0 bridgehead atoms. The summed E-state index contributed by atoms with van der Waals surface area (Å²) in [6, 6.07) is 77.7. The molecule has 0 saturated carbocycles. The van der Waals surface area contributed by atoms with Crippen molar-refractivity contribution < 1.29 is 4.42 Å². The van der Waals surface area contributed by atoms with Crippen LogP contribution >= 0.6 is 11.3 Å². The second kappa shape index (κ2) is 12.9. The summed E-state index contributed by atoms with van der Waals surface area (Å²) < 4.78 is 9.11. The normalized spacial score (nSPS) is 14.6. The second-order valence-electron chi connectivity index (χ2n) is 15.2. The summed E-state index contributed by atoms with van der Waals surface area (Å²) in [5, 5.41) is 4.84. The lowest BCUT2D eigenvalue weighted by atomic mass is 9.67. The summed E-state index contributed by atoms with van der Waals surface area (Å²) in [6.07, 6.45) is 0. The molecule has 1 unspecified atom stereocenters. The van der Waals surface area contributed by atoms with Crippen molar-refractivity contribution in [2.45, 2.75) is 5.41 Å². The van der Waals surface area contributed by atoms with Crippen molar-refractivity contribution in [2.75, 3.05) is 4.90 Å². The average Bonchev–Trinajstić information content (AvgIpc) is 3.95. The van der Waals surface area contributed by atoms with Crippen LogP contribution in [0.4, 0.5) is 17.1 Å². The average molecular weight is 758 g/mol. The molecule has 58 heavy (non-hydrogen) atoms. The molecule has 2 nitrogen and oxygen atoms in total. The first kappa shape index (κ1) is 33.0. The summed E-state index contributed by atoms with van der Waals surface area (Å²) in [5.74, 6) is 0. The fourth-order valence-corrected chi connectivity index (χ4v) is 10.7. The minimum Gasteiger partial charge on any atom is -0.456 e. The lowest BCUT2D eigenvalue weighted by molar-refractivity contribution is 0.669. The Morgan fingerprint density at radius 3 is 1.84 bits per heavy atom. The van der Waals surface area contributed by atoms with Gasteiger partial charge in [-0.2, -0.15) is 0 Å². The third kappa shape index (κ3) is 4.90. The first-order chi connectivity index (χ1) is 28.7. The van der Waals surface area contributed by atoms with E-state index in [0.717, 1.165) is 39.0 Å². The maximum atomic E-state index is 6.49. The molecule has 1 aliphatic rings. The van der Waals surface area contributed by atoms with E-state index in [9.17, 15) is 0 Å². The van der Waals surface area contributed by atoms with E-state index < -0.39 is 5.41 Å². The van der Waals surface area contributed by atoms with Gasteiger partial charge in [0, 0.05) is 54.1 Å². The van der Waals surface area contributed by atoms with Crippen LogP contribution in [-0.4, -0.2) is 0 Å². The van der Waals surface area contributed by atoms with E-state index in [1.807, 2.05) is 23.5 Å². The summed E-state index contributed by atoms with van der Waals surface area (Å²) in [6.45, 7) is 0. The number of fused-ring (bicyclic) bond motifs is 9. The van der Waals surface area contributed by atoms with Gasteiger partial charge in [0.1, 0.15) is 11.2 Å². The van der Waals surface area contributed by atoms with Crippen molar-refractivity contribution in [1.29, 1.82) is 0 Å². The molecule has 2 heterocycles. The Kier molecular flexibility index (Phi) is 7.35. The SMILES string of the molecule is c1ccc(-c2ccc(N(c3ccc4c(c3)C(c3ccccc3)(c3ccc5sc6ccccc6c5c3)c3ccccc3-4)c3ccc4c(c3)oc3ccccc34)cc2)cc1. The highest BCUT2D eigenvalue weighted by Crippen LogP contribution is 2.58. The quantitative estimate of drug-likeness (QED) is 0.168. The first-order valence-electron chi connectivity index (χ1n) is 19.8. The topological polar surface area (TPSA) is 16.4 Å². The Bertz CT molecular complexity index is 3340. The molecule has 11 aromatic rings. The predicted molar refractivity (Wildman–Crippen MR) is 244 cm³/mol. The molecule has 0 fully saturated rings. The largest absolute Gasteiger partial charge is 0.456 e. The van der Waals surface area contributed by atoms with Crippen molar-refractivity contribution in [1.82, 2.24) is 0 Å². The van der Waals surface area contributed by atoms with Gasteiger partial charge >= 0.3 is 0 Å². The zero-order chi connectivity index (χ0) is 38.2. The van der Waals surface area contributed by atoms with Crippen LogP contribution in [0.25, 0.3) is 64.4 Å². The van der Waals surface area contributed by atoms with Crippen LogP contribution in [0.2, 0.25) is 0 Å². The van der Waals surface area contributed by atoms with Crippen molar-refractivity contribution in [3.8, 4) is 22.3 Å². The van der Waals surface area contributed by atoms with Crippen LogP contribution in [0.1, 0.15) is 22.3 Å². The van der Waals surface area contributed by atoms with E-state index >= 15 is 0 Å². The van der Waals surface area contributed by atoms with Crippen molar-refractivity contribution in [3.05, 3.63) is 235 Å². The van der Waals surface area contributed by atoms with Gasteiger partial charge in [0.25, 0.3) is 0 Å². The molecule has 0 saturated heterocycles. The highest BCUT2D eigenvalue weighted by atomic mass is 32.1. The number of para-hydroxylation sites is 1. The van der Waals surface area contributed by atoms with Crippen LogP contribution in [0, 0.1) is 0 Å². The number of hydrogen-bond acceptors (Lipinski definition) is 3. The standard InChI is InChI=1S/C55H35NOS/c1-3-13-36(14-4-1)37-23-26-40(27-24-37)56(42-29-31-46-45-18-8-11-21-51(45)57-52(46)35-42)41-28-30-44-43-17-7-10-20-49(43)55(50(44)34-41,38-15-5-2-6-16-38)39-25-32-54-48(33-39)47-19-9-12-22-53(47)58-54/h1-35H. The molecule has 0 spiro atoms. The fraction of sp³-hybridized carbons (Fsp3) is 0.0182. The molecule has 12 rings (SSSR count). The summed E-state index contributed by atoms with van der Waals surface area (Å²) in [7, 11) is 0. The molecular weight excluding hydrogens is 723 g/mol. The molecule has 0 amide bonds. The molecule has 9 aromatic carbocycles. The van der Waals surface area contributed by atoms with Gasteiger partial charge in [-0.1, -0.05) is 146 Å². The van der Waals surface area contributed by atoms with Crippen molar-refractivity contribution >= 4 is 70.5 Å². The summed E-state index contributed by atoms with van der Waals surface area (Å²) in [4.78, 5) is 2.38. The summed E-state index contributed by atoms with van der Waals surface area (Å²) in [5.41, 5.74) is 14.4. The van der Waals surface area contributed by atoms with Gasteiger partial charge in [-0.3, -0.25) is 0 Å². The number of rotatable bonds is 6. The van der Waals surface area contributed by atoms with Crippen LogP contribution < -0.4 is 4.90 Å². The number of nitrogens with zero attached hydrogens (tertiary/aromatic N) is 1. The minimum atomic E-state index is -0.564.